The molecule has 2 N–H and O–H groups in total. The van der Waals surface area contributed by atoms with Gasteiger partial charge in [-0.1, -0.05) is 18.2 Å². The Hall–Kier alpha value is -3.91. The van der Waals surface area contributed by atoms with Crippen LogP contribution in [0.5, 0.6) is 5.75 Å². The van der Waals surface area contributed by atoms with Crippen LogP contribution in [0.4, 0.5) is 0 Å². The van der Waals surface area contributed by atoms with Crippen molar-refractivity contribution < 1.29 is 14.6 Å². The monoisotopic (exact) mass is 485 g/mol. The lowest BCUT2D eigenvalue weighted by atomic mass is 9.99. The number of hydrogen-bond donors (Lipinski definition) is 2. The molecule has 0 radical (unpaired) electrons. The second kappa shape index (κ2) is 9.62. The van der Waals surface area contributed by atoms with Crippen molar-refractivity contribution in [1.29, 1.82) is 0 Å². The molecule has 2 aromatic heterocycles. The van der Waals surface area contributed by atoms with Gasteiger partial charge in [-0.25, -0.2) is 0 Å². The average Bonchev–Trinajstić information content (AvgIpc) is 3.64. The fourth-order valence-electron chi connectivity index (χ4n) is 4.90. The predicted octanol–water partition coefficient (Wildman–Crippen LogP) is 4.70. The number of benzene rings is 2. The van der Waals surface area contributed by atoms with Crippen LogP contribution in [0.1, 0.15) is 48.7 Å². The summed E-state index contributed by atoms with van der Waals surface area (Å²) in [6, 6.07) is 13.9. The van der Waals surface area contributed by atoms with Gasteiger partial charge in [0.05, 0.1) is 37.7 Å². The van der Waals surface area contributed by atoms with Crippen molar-refractivity contribution in [1.82, 2.24) is 24.9 Å². The number of aromatic nitrogens is 4. The Morgan fingerprint density at radius 1 is 1.17 bits per heavy atom. The highest BCUT2D eigenvalue weighted by Crippen LogP contribution is 2.36. The molecular formula is C28H31N5O3. The van der Waals surface area contributed by atoms with Gasteiger partial charge >= 0.3 is 0 Å². The van der Waals surface area contributed by atoms with Crippen LogP contribution < -0.4 is 4.74 Å². The highest BCUT2D eigenvalue weighted by molar-refractivity contribution is 5.96. The standard InChI is InChI=1S/C28H31N5O3/c1-28(2,35)18-32-17-23(16-31-32)19-6-4-7-20(12-19)25-8-5-11-33(25)27(34)21-9-10-24(26(13-21)36-3)22-14-29-30-15-22/h4,6-7,9-10,12-17,25,35H,5,8,11,18H2,1-3H3,(H,29,30). The van der Waals surface area contributed by atoms with E-state index in [9.17, 15) is 9.90 Å². The molecular weight excluding hydrogens is 454 g/mol. The van der Waals surface area contributed by atoms with Gasteiger partial charge in [-0.05, 0) is 62.1 Å². The van der Waals surface area contributed by atoms with Gasteiger partial charge in [0.25, 0.3) is 5.91 Å². The molecule has 1 fully saturated rings. The first-order chi connectivity index (χ1) is 17.3. The third-order valence-corrected chi connectivity index (χ3v) is 6.56. The molecule has 8 heteroatoms. The Morgan fingerprint density at radius 3 is 2.78 bits per heavy atom. The van der Waals surface area contributed by atoms with E-state index in [1.165, 1.54) is 0 Å². The van der Waals surface area contributed by atoms with E-state index in [2.05, 4.69) is 33.5 Å². The highest BCUT2D eigenvalue weighted by atomic mass is 16.5. The second-order valence-electron chi connectivity index (χ2n) is 9.92. The molecule has 1 aliphatic heterocycles. The summed E-state index contributed by atoms with van der Waals surface area (Å²) in [6.07, 6.45) is 9.17. The molecule has 1 aliphatic rings. The summed E-state index contributed by atoms with van der Waals surface area (Å²) in [5, 5.41) is 21.3. The molecule has 0 bridgehead atoms. The zero-order chi connectivity index (χ0) is 25.3. The van der Waals surface area contributed by atoms with Gasteiger partial charge in [0.1, 0.15) is 5.75 Å². The van der Waals surface area contributed by atoms with Crippen LogP contribution in [-0.2, 0) is 6.54 Å². The molecule has 1 unspecified atom stereocenters. The fraction of sp³-hybridized carbons (Fsp3) is 0.321. The molecule has 5 rings (SSSR count). The SMILES string of the molecule is COc1cc(C(=O)N2CCCC2c2cccc(-c3cnn(CC(C)(C)O)c3)c2)ccc1-c1cn[nH]c1. The van der Waals surface area contributed by atoms with E-state index in [0.717, 1.165) is 40.7 Å². The Bertz CT molecular complexity index is 1350. The number of rotatable bonds is 7. The van der Waals surface area contributed by atoms with Gasteiger partial charge in [-0.2, -0.15) is 10.2 Å². The first kappa shape index (κ1) is 23.8. The Labute approximate surface area is 210 Å². The number of amides is 1. The third-order valence-electron chi connectivity index (χ3n) is 6.56. The molecule has 36 heavy (non-hydrogen) atoms. The minimum atomic E-state index is -0.838. The number of hydrogen-bond acceptors (Lipinski definition) is 5. The van der Waals surface area contributed by atoms with Crippen molar-refractivity contribution in [3.63, 3.8) is 0 Å². The van der Waals surface area contributed by atoms with Crippen LogP contribution in [0.2, 0.25) is 0 Å². The largest absolute Gasteiger partial charge is 0.496 e. The molecule has 1 saturated heterocycles. The van der Waals surface area contributed by atoms with Gasteiger partial charge in [-0.3, -0.25) is 14.6 Å². The number of carbonyl (C=O) groups is 1. The summed E-state index contributed by atoms with van der Waals surface area (Å²) in [5.74, 6) is 0.640. The maximum Gasteiger partial charge on any atom is 0.254 e. The number of nitrogens with zero attached hydrogens (tertiary/aromatic N) is 4. The number of carbonyl (C=O) groups excluding carboxylic acids is 1. The van der Waals surface area contributed by atoms with Crippen molar-refractivity contribution in [3.8, 4) is 28.0 Å². The quantitative estimate of drug-likeness (QED) is 0.396. The number of likely N-dealkylation sites (tertiary alicyclic amines) is 1. The molecule has 2 aromatic carbocycles. The van der Waals surface area contributed by atoms with Crippen LogP contribution in [0.15, 0.2) is 67.3 Å². The number of ether oxygens (including phenoxy) is 1. The molecule has 0 aliphatic carbocycles. The van der Waals surface area contributed by atoms with Gasteiger partial charge in [0.2, 0.25) is 0 Å². The zero-order valence-corrected chi connectivity index (χ0v) is 20.8. The second-order valence-corrected chi connectivity index (χ2v) is 9.92. The van der Waals surface area contributed by atoms with Crippen LogP contribution in [-0.4, -0.2) is 55.1 Å². The normalized spacial score (nSPS) is 15.9. The summed E-state index contributed by atoms with van der Waals surface area (Å²) in [5.41, 5.74) is 4.70. The number of aromatic amines is 1. The summed E-state index contributed by atoms with van der Waals surface area (Å²) < 4.78 is 7.35. The Kier molecular flexibility index (Phi) is 6.36. The van der Waals surface area contributed by atoms with Crippen LogP contribution >= 0.6 is 0 Å². The molecule has 4 aromatic rings. The minimum Gasteiger partial charge on any atom is -0.496 e. The van der Waals surface area contributed by atoms with Crippen LogP contribution in [0.3, 0.4) is 0 Å². The predicted molar refractivity (Wildman–Crippen MR) is 138 cm³/mol. The smallest absolute Gasteiger partial charge is 0.254 e. The zero-order valence-electron chi connectivity index (χ0n) is 20.8. The third kappa shape index (κ3) is 4.90. The highest BCUT2D eigenvalue weighted by Gasteiger charge is 2.31. The van der Waals surface area contributed by atoms with E-state index < -0.39 is 5.60 Å². The van der Waals surface area contributed by atoms with Crippen LogP contribution in [0.25, 0.3) is 22.3 Å². The summed E-state index contributed by atoms with van der Waals surface area (Å²) in [7, 11) is 1.61. The lowest BCUT2D eigenvalue weighted by Gasteiger charge is -2.26. The first-order valence-corrected chi connectivity index (χ1v) is 12.2. The number of methoxy groups -OCH3 is 1. The van der Waals surface area contributed by atoms with Gasteiger partial charge in [-0.15, -0.1) is 0 Å². The topological polar surface area (TPSA) is 96.3 Å². The van der Waals surface area contributed by atoms with Crippen molar-refractivity contribution >= 4 is 5.91 Å². The number of aliphatic hydroxyl groups is 1. The summed E-state index contributed by atoms with van der Waals surface area (Å²) in [6.45, 7) is 4.66. The Balaban J connectivity index is 1.39. The van der Waals surface area contributed by atoms with Gasteiger partial charge in [0.15, 0.2) is 0 Å². The first-order valence-electron chi connectivity index (χ1n) is 12.2. The van der Waals surface area contributed by atoms with Crippen molar-refractivity contribution in [2.24, 2.45) is 0 Å². The van der Waals surface area contributed by atoms with E-state index >= 15 is 0 Å². The lowest BCUT2D eigenvalue weighted by Crippen LogP contribution is -2.30. The van der Waals surface area contributed by atoms with E-state index in [1.807, 2.05) is 41.6 Å². The minimum absolute atomic E-state index is 0.00190. The van der Waals surface area contributed by atoms with Gasteiger partial charge in [0, 0.05) is 41.2 Å². The maximum absolute atomic E-state index is 13.6. The van der Waals surface area contributed by atoms with Gasteiger partial charge < -0.3 is 14.7 Å². The number of nitrogens with one attached hydrogen (secondary N) is 1. The number of H-pyrrole nitrogens is 1. The van der Waals surface area contributed by atoms with E-state index in [0.29, 0.717) is 24.4 Å². The summed E-state index contributed by atoms with van der Waals surface area (Å²) in [4.78, 5) is 15.6. The Morgan fingerprint density at radius 2 is 2.03 bits per heavy atom. The maximum atomic E-state index is 13.6. The van der Waals surface area contributed by atoms with Crippen LogP contribution in [0, 0.1) is 0 Å². The molecule has 1 atom stereocenters. The lowest BCUT2D eigenvalue weighted by molar-refractivity contribution is 0.0577. The van der Waals surface area contributed by atoms with E-state index in [4.69, 9.17) is 4.74 Å². The molecule has 186 valence electrons. The molecule has 0 spiro atoms. The van der Waals surface area contributed by atoms with E-state index in [1.54, 1.807) is 38.0 Å². The molecule has 8 nitrogen and oxygen atoms in total. The molecule has 1 amide bonds. The summed E-state index contributed by atoms with van der Waals surface area (Å²) >= 11 is 0. The van der Waals surface area contributed by atoms with Crippen molar-refractivity contribution in [2.45, 2.75) is 44.9 Å². The molecule has 0 saturated carbocycles. The molecule has 3 heterocycles. The fourth-order valence-corrected chi connectivity index (χ4v) is 4.90. The average molecular weight is 486 g/mol. The van der Waals surface area contributed by atoms with E-state index in [-0.39, 0.29) is 11.9 Å². The van der Waals surface area contributed by atoms with Crippen molar-refractivity contribution in [2.75, 3.05) is 13.7 Å². The van der Waals surface area contributed by atoms with Crippen molar-refractivity contribution in [3.05, 3.63) is 78.4 Å².